The van der Waals surface area contributed by atoms with Gasteiger partial charge in [0, 0.05) is 5.92 Å². The monoisotopic (exact) mass is 350 g/mol. The van der Waals surface area contributed by atoms with Crippen molar-refractivity contribution >= 4 is 17.3 Å². The molecule has 0 radical (unpaired) electrons. The van der Waals surface area contributed by atoms with Crippen molar-refractivity contribution < 1.29 is 19.1 Å². The Morgan fingerprint density at radius 1 is 1.08 bits per heavy atom. The molecule has 4 heteroatoms. The zero-order valence-electron chi connectivity index (χ0n) is 15.0. The van der Waals surface area contributed by atoms with Crippen LogP contribution in [0, 0.1) is 5.92 Å². The van der Waals surface area contributed by atoms with Crippen molar-refractivity contribution in [3.05, 3.63) is 71.8 Å². The summed E-state index contributed by atoms with van der Waals surface area (Å²) in [6.45, 7) is 2.01. The molecule has 3 rings (SSSR count). The van der Waals surface area contributed by atoms with Crippen molar-refractivity contribution in [2.24, 2.45) is 5.92 Å². The number of ketones is 1. The molecule has 134 valence electrons. The lowest BCUT2D eigenvalue weighted by Crippen LogP contribution is -2.34. The Kier molecular flexibility index (Phi) is 5.52. The maximum Gasteiger partial charge on any atom is 0.317 e. The Bertz CT molecular complexity index is 806. The quantitative estimate of drug-likeness (QED) is 0.604. The van der Waals surface area contributed by atoms with Gasteiger partial charge in [-0.05, 0) is 48.3 Å². The molecule has 1 aliphatic rings. The highest BCUT2D eigenvalue weighted by Crippen LogP contribution is 2.40. The number of methoxy groups -OCH3 is 1. The van der Waals surface area contributed by atoms with Gasteiger partial charge in [0.15, 0.2) is 5.78 Å². The summed E-state index contributed by atoms with van der Waals surface area (Å²) in [6.07, 6.45) is 2.19. The summed E-state index contributed by atoms with van der Waals surface area (Å²) >= 11 is 0. The van der Waals surface area contributed by atoms with Gasteiger partial charge in [0.05, 0.1) is 13.7 Å². The first-order valence-corrected chi connectivity index (χ1v) is 8.74. The van der Waals surface area contributed by atoms with Crippen LogP contribution in [0.2, 0.25) is 0 Å². The first-order chi connectivity index (χ1) is 12.6. The fraction of sp³-hybridized carbons (Fsp3) is 0.273. The van der Waals surface area contributed by atoms with E-state index < -0.39 is 11.9 Å². The van der Waals surface area contributed by atoms with Crippen molar-refractivity contribution in [3.8, 4) is 5.75 Å². The van der Waals surface area contributed by atoms with Gasteiger partial charge in [-0.2, -0.15) is 0 Å². The highest BCUT2D eigenvalue weighted by atomic mass is 16.5. The minimum Gasteiger partial charge on any atom is -0.497 e. The zero-order valence-corrected chi connectivity index (χ0v) is 15.0. The fourth-order valence-electron chi connectivity index (χ4n) is 3.40. The van der Waals surface area contributed by atoms with Crippen LogP contribution in [0.5, 0.6) is 5.75 Å². The average molecular weight is 350 g/mol. The summed E-state index contributed by atoms with van der Waals surface area (Å²) in [4.78, 5) is 25.2. The molecule has 0 amide bonds. The number of allylic oxidation sites excluding steroid dienone is 2. The number of carbonyl (C=O) groups excluding carboxylic acids is 2. The van der Waals surface area contributed by atoms with E-state index in [1.54, 1.807) is 20.1 Å². The second-order valence-electron chi connectivity index (χ2n) is 6.25. The van der Waals surface area contributed by atoms with Crippen molar-refractivity contribution in [2.75, 3.05) is 13.7 Å². The fourth-order valence-corrected chi connectivity index (χ4v) is 3.40. The molecule has 0 fully saturated rings. The second kappa shape index (κ2) is 8.00. The Morgan fingerprint density at radius 2 is 1.77 bits per heavy atom. The molecule has 0 aliphatic heterocycles. The molecule has 0 aromatic heterocycles. The van der Waals surface area contributed by atoms with Gasteiger partial charge >= 0.3 is 5.97 Å². The topological polar surface area (TPSA) is 52.6 Å². The molecule has 26 heavy (non-hydrogen) atoms. The molecule has 1 aliphatic carbocycles. The number of benzene rings is 2. The molecule has 0 saturated carbocycles. The first kappa shape index (κ1) is 17.9. The van der Waals surface area contributed by atoms with E-state index >= 15 is 0 Å². The van der Waals surface area contributed by atoms with Gasteiger partial charge in [-0.3, -0.25) is 9.59 Å². The normalized spacial score (nSPS) is 19.6. The molecule has 2 aromatic rings. The van der Waals surface area contributed by atoms with Crippen molar-refractivity contribution in [3.63, 3.8) is 0 Å². The molecule has 2 aromatic carbocycles. The Balaban J connectivity index is 1.98. The van der Waals surface area contributed by atoms with E-state index in [9.17, 15) is 9.59 Å². The minimum atomic E-state index is -0.792. The van der Waals surface area contributed by atoms with E-state index in [1.807, 2.05) is 54.6 Å². The predicted octanol–water partition coefficient (Wildman–Crippen LogP) is 4.01. The van der Waals surface area contributed by atoms with Gasteiger partial charge in [0.2, 0.25) is 0 Å². The lowest BCUT2D eigenvalue weighted by Gasteiger charge is -2.29. The molecule has 2 atom stereocenters. The van der Waals surface area contributed by atoms with Crippen LogP contribution in [0.15, 0.2) is 60.7 Å². The van der Waals surface area contributed by atoms with E-state index in [2.05, 4.69) is 0 Å². The van der Waals surface area contributed by atoms with Gasteiger partial charge in [0.25, 0.3) is 0 Å². The lowest BCUT2D eigenvalue weighted by atomic mass is 9.73. The number of rotatable bonds is 5. The van der Waals surface area contributed by atoms with Gasteiger partial charge in [-0.15, -0.1) is 0 Å². The SMILES string of the molecule is CCOC(=O)[C@H]1C(=O)C=C(c2ccc(OC)cc2)C[C@@H]1c1ccccc1. The van der Waals surface area contributed by atoms with Crippen LogP contribution in [0.1, 0.15) is 30.4 Å². The standard InChI is InChI=1S/C22H22O4/c1-3-26-22(24)21-19(16-7-5-4-6-8-16)13-17(14-20(21)23)15-9-11-18(25-2)12-10-15/h4-12,14,19,21H,3,13H2,1-2H3/t19-,21-/m1/s1. The molecular weight excluding hydrogens is 328 g/mol. The second-order valence-corrected chi connectivity index (χ2v) is 6.25. The largest absolute Gasteiger partial charge is 0.497 e. The number of esters is 1. The van der Waals surface area contributed by atoms with E-state index in [0.29, 0.717) is 6.42 Å². The maximum atomic E-state index is 12.8. The molecule has 0 bridgehead atoms. The smallest absolute Gasteiger partial charge is 0.317 e. The summed E-state index contributed by atoms with van der Waals surface area (Å²) in [5.41, 5.74) is 2.85. The van der Waals surface area contributed by atoms with Gasteiger partial charge < -0.3 is 9.47 Å². The highest BCUT2D eigenvalue weighted by Gasteiger charge is 2.39. The van der Waals surface area contributed by atoms with Gasteiger partial charge in [-0.1, -0.05) is 42.5 Å². The third-order valence-electron chi connectivity index (χ3n) is 4.69. The first-order valence-electron chi connectivity index (χ1n) is 8.74. The third kappa shape index (κ3) is 3.69. The van der Waals surface area contributed by atoms with Crippen LogP contribution >= 0.6 is 0 Å². The van der Waals surface area contributed by atoms with Crippen LogP contribution in [-0.2, 0) is 14.3 Å². The van der Waals surface area contributed by atoms with Crippen molar-refractivity contribution in [1.82, 2.24) is 0 Å². The summed E-state index contributed by atoms with van der Waals surface area (Å²) in [7, 11) is 1.62. The van der Waals surface area contributed by atoms with E-state index in [-0.39, 0.29) is 18.3 Å². The van der Waals surface area contributed by atoms with Gasteiger partial charge in [-0.25, -0.2) is 0 Å². The average Bonchev–Trinajstić information content (AvgIpc) is 2.68. The number of hydrogen-bond acceptors (Lipinski definition) is 4. The molecule has 0 unspecified atom stereocenters. The van der Waals surface area contributed by atoms with E-state index in [1.165, 1.54) is 0 Å². The summed E-state index contributed by atoms with van der Waals surface area (Å²) < 4.78 is 10.4. The van der Waals surface area contributed by atoms with Crippen LogP contribution in [-0.4, -0.2) is 25.5 Å². The molecule has 0 heterocycles. The Hall–Kier alpha value is -2.88. The summed E-state index contributed by atoms with van der Waals surface area (Å²) in [5.74, 6) is -0.907. The zero-order chi connectivity index (χ0) is 18.5. The van der Waals surface area contributed by atoms with Crippen LogP contribution in [0.25, 0.3) is 5.57 Å². The predicted molar refractivity (Wildman–Crippen MR) is 99.9 cm³/mol. The summed E-state index contributed by atoms with van der Waals surface area (Å²) in [5, 5.41) is 0. The lowest BCUT2D eigenvalue weighted by molar-refractivity contribution is -0.151. The number of ether oxygens (including phenoxy) is 2. The van der Waals surface area contributed by atoms with Gasteiger partial charge in [0.1, 0.15) is 11.7 Å². The van der Waals surface area contributed by atoms with Crippen LogP contribution < -0.4 is 4.74 Å². The Labute approximate surface area is 153 Å². The van der Waals surface area contributed by atoms with Crippen LogP contribution in [0.4, 0.5) is 0 Å². The van der Waals surface area contributed by atoms with Crippen molar-refractivity contribution in [2.45, 2.75) is 19.3 Å². The van der Waals surface area contributed by atoms with Crippen LogP contribution in [0.3, 0.4) is 0 Å². The molecule has 0 spiro atoms. The Morgan fingerprint density at radius 3 is 2.38 bits per heavy atom. The third-order valence-corrected chi connectivity index (χ3v) is 4.69. The molecular formula is C22H22O4. The maximum absolute atomic E-state index is 12.8. The molecule has 0 saturated heterocycles. The van der Waals surface area contributed by atoms with E-state index in [4.69, 9.17) is 9.47 Å². The number of carbonyl (C=O) groups is 2. The van der Waals surface area contributed by atoms with Crippen molar-refractivity contribution in [1.29, 1.82) is 0 Å². The number of hydrogen-bond donors (Lipinski definition) is 0. The van der Waals surface area contributed by atoms with E-state index in [0.717, 1.165) is 22.4 Å². The minimum absolute atomic E-state index is 0.200. The summed E-state index contributed by atoms with van der Waals surface area (Å²) in [6, 6.07) is 17.3. The molecule has 4 nitrogen and oxygen atoms in total. The highest BCUT2D eigenvalue weighted by molar-refractivity contribution is 6.10. The molecule has 0 N–H and O–H groups in total.